The average Bonchev–Trinajstić information content (AvgIpc) is 2.39. The molecule has 0 fully saturated rings. The van der Waals surface area contributed by atoms with Gasteiger partial charge in [-0.05, 0) is 30.7 Å². The van der Waals surface area contributed by atoms with Gasteiger partial charge in [0.1, 0.15) is 5.75 Å². The van der Waals surface area contributed by atoms with Gasteiger partial charge < -0.3 is 9.72 Å². The van der Waals surface area contributed by atoms with Crippen molar-refractivity contribution in [3.8, 4) is 5.75 Å². The zero-order chi connectivity index (χ0) is 13.0. The molecule has 0 spiro atoms. The number of nitrogens with zero attached hydrogens (tertiary/aromatic N) is 1. The largest absolute Gasteiger partial charge is 0.497 e. The number of aromatic amines is 1. The number of hydrogen-bond acceptors (Lipinski definition) is 3. The number of methoxy groups -OCH3 is 1. The van der Waals surface area contributed by atoms with E-state index in [1.807, 2.05) is 31.2 Å². The first-order valence-corrected chi connectivity index (χ1v) is 5.95. The van der Waals surface area contributed by atoms with E-state index in [1.165, 1.54) is 0 Å². The molecule has 1 aromatic heterocycles. The molecule has 0 radical (unpaired) electrons. The summed E-state index contributed by atoms with van der Waals surface area (Å²) in [5.41, 5.74) is 1.25. The molecular formula is C14H16N2O2. The molecule has 0 aliphatic rings. The molecule has 1 aromatic carbocycles. The van der Waals surface area contributed by atoms with Crippen molar-refractivity contribution in [1.82, 2.24) is 4.98 Å². The fourth-order valence-corrected chi connectivity index (χ4v) is 1.72. The summed E-state index contributed by atoms with van der Waals surface area (Å²) in [4.78, 5) is 18.8. The van der Waals surface area contributed by atoms with E-state index < -0.39 is 0 Å². The number of aliphatic imine (C=N–C) groups is 1. The molecule has 4 heteroatoms. The Balaban J connectivity index is 2.48. The standard InChI is InChI=1S/C14H16N2O2/c1-3-6-15-9-11-7-10-8-12(18-2)4-5-13(10)16-14(11)17/h4-5,7-9H,3,6H2,1-2H3,(H,16,17). The highest BCUT2D eigenvalue weighted by Gasteiger charge is 2.02. The summed E-state index contributed by atoms with van der Waals surface area (Å²) < 4.78 is 5.17. The van der Waals surface area contributed by atoms with Crippen molar-refractivity contribution in [2.45, 2.75) is 13.3 Å². The second kappa shape index (κ2) is 5.49. The molecule has 0 aliphatic heterocycles. The summed E-state index contributed by atoms with van der Waals surface area (Å²) in [6.07, 6.45) is 2.59. The second-order valence-corrected chi connectivity index (χ2v) is 4.04. The minimum Gasteiger partial charge on any atom is -0.497 e. The molecule has 0 aliphatic carbocycles. The van der Waals surface area contributed by atoms with Gasteiger partial charge in [0, 0.05) is 23.7 Å². The predicted molar refractivity (Wildman–Crippen MR) is 73.9 cm³/mol. The van der Waals surface area contributed by atoms with E-state index in [0.29, 0.717) is 5.56 Å². The third-order valence-electron chi connectivity index (χ3n) is 2.66. The van der Waals surface area contributed by atoms with Crippen LogP contribution in [0.3, 0.4) is 0 Å². The Hall–Kier alpha value is -2.10. The highest BCUT2D eigenvalue weighted by molar-refractivity contribution is 5.88. The van der Waals surface area contributed by atoms with E-state index in [9.17, 15) is 4.79 Å². The van der Waals surface area contributed by atoms with Gasteiger partial charge in [0.25, 0.3) is 5.56 Å². The van der Waals surface area contributed by atoms with Gasteiger partial charge >= 0.3 is 0 Å². The molecule has 2 aromatic rings. The molecule has 2 rings (SSSR count). The third-order valence-corrected chi connectivity index (χ3v) is 2.66. The van der Waals surface area contributed by atoms with Crippen molar-refractivity contribution in [1.29, 1.82) is 0 Å². The van der Waals surface area contributed by atoms with Crippen LogP contribution in [0, 0.1) is 0 Å². The van der Waals surface area contributed by atoms with Crippen LogP contribution in [-0.2, 0) is 0 Å². The van der Waals surface area contributed by atoms with Crippen molar-refractivity contribution >= 4 is 17.1 Å². The van der Waals surface area contributed by atoms with E-state index in [1.54, 1.807) is 13.3 Å². The number of hydrogen-bond donors (Lipinski definition) is 1. The number of ether oxygens (including phenoxy) is 1. The van der Waals surface area contributed by atoms with Crippen LogP contribution in [0.25, 0.3) is 10.9 Å². The average molecular weight is 244 g/mol. The van der Waals surface area contributed by atoms with Gasteiger partial charge in [-0.15, -0.1) is 0 Å². The van der Waals surface area contributed by atoms with Gasteiger partial charge in [-0.2, -0.15) is 0 Å². The molecule has 1 heterocycles. The predicted octanol–water partition coefficient (Wildman–Crippen LogP) is 2.37. The van der Waals surface area contributed by atoms with Crippen molar-refractivity contribution in [2.24, 2.45) is 4.99 Å². The Kier molecular flexibility index (Phi) is 3.77. The number of nitrogens with one attached hydrogen (secondary N) is 1. The summed E-state index contributed by atoms with van der Waals surface area (Å²) in [6, 6.07) is 7.38. The fourth-order valence-electron chi connectivity index (χ4n) is 1.72. The number of H-pyrrole nitrogens is 1. The van der Waals surface area contributed by atoms with Crippen LogP contribution in [-0.4, -0.2) is 24.9 Å². The Bertz CT molecular complexity index is 629. The number of rotatable bonds is 4. The van der Waals surface area contributed by atoms with Crippen LogP contribution in [0.15, 0.2) is 34.1 Å². The first-order chi connectivity index (χ1) is 8.74. The topological polar surface area (TPSA) is 54.4 Å². The Labute approximate surface area is 105 Å². The fraction of sp³-hybridized carbons (Fsp3) is 0.286. The Morgan fingerprint density at radius 2 is 2.22 bits per heavy atom. The highest BCUT2D eigenvalue weighted by atomic mass is 16.5. The molecule has 0 bridgehead atoms. The number of pyridine rings is 1. The molecule has 0 unspecified atom stereocenters. The number of fused-ring (bicyclic) bond motifs is 1. The molecule has 4 nitrogen and oxygen atoms in total. The Morgan fingerprint density at radius 3 is 2.94 bits per heavy atom. The molecule has 18 heavy (non-hydrogen) atoms. The summed E-state index contributed by atoms with van der Waals surface area (Å²) in [5.74, 6) is 0.769. The third kappa shape index (κ3) is 2.59. The zero-order valence-corrected chi connectivity index (χ0v) is 10.6. The van der Waals surface area contributed by atoms with Gasteiger partial charge in [0.05, 0.1) is 12.7 Å². The minimum atomic E-state index is -0.118. The lowest BCUT2D eigenvalue weighted by Gasteiger charge is -2.03. The summed E-state index contributed by atoms with van der Waals surface area (Å²) >= 11 is 0. The number of aromatic nitrogens is 1. The smallest absolute Gasteiger partial charge is 0.257 e. The van der Waals surface area contributed by atoms with E-state index in [-0.39, 0.29) is 5.56 Å². The lowest BCUT2D eigenvalue weighted by molar-refractivity contribution is 0.415. The SMILES string of the molecule is CCCN=Cc1cc2cc(OC)ccc2[nH]c1=O. The normalized spacial score (nSPS) is 11.2. The molecule has 0 saturated carbocycles. The van der Waals surface area contributed by atoms with E-state index in [4.69, 9.17) is 4.74 Å². The summed E-state index contributed by atoms with van der Waals surface area (Å²) in [6.45, 7) is 2.78. The van der Waals surface area contributed by atoms with Crippen LogP contribution >= 0.6 is 0 Å². The maximum atomic E-state index is 11.8. The quantitative estimate of drug-likeness (QED) is 0.839. The van der Waals surface area contributed by atoms with E-state index in [2.05, 4.69) is 9.98 Å². The van der Waals surface area contributed by atoms with Gasteiger partial charge in [-0.3, -0.25) is 9.79 Å². The lowest BCUT2D eigenvalue weighted by Crippen LogP contribution is -2.11. The van der Waals surface area contributed by atoms with Gasteiger partial charge in [-0.25, -0.2) is 0 Å². The first kappa shape index (κ1) is 12.4. The first-order valence-electron chi connectivity index (χ1n) is 5.95. The minimum absolute atomic E-state index is 0.118. The van der Waals surface area contributed by atoms with Gasteiger partial charge in [0.2, 0.25) is 0 Å². The van der Waals surface area contributed by atoms with Gasteiger partial charge in [0.15, 0.2) is 0 Å². The van der Waals surface area contributed by atoms with Crippen molar-refractivity contribution in [2.75, 3.05) is 13.7 Å². The maximum Gasteiger partial charge on any atom is 0.257 e. The van der Waals surface area contributed by atoms with Crippen LogP contribution in [0.5, 0.6) is 5.75 Å². The molecular weight excluding hydrogens is 228 g/mol. The van der Waals surface area contributed by atoms with Crippen LogP contribution < -0.4 is 10.3 Å². The number of benzene rings is 1. The van der Waals surface area contributed by atoms with E-state index in [0.717, 1.165) is 29.6 Å². The van der Waals surface area contributed by atoms with Crippen molar-refractivity contribution in [3.05, 3.63) is 40.2 Å². The molecule has 94 valence electrons. The molecule has 0 atom stereocenters. The summed E-state index contributed by atoms with van der Waals surface area (Å²) in [7, 11) is 1.62. The van der Waals surface area contributed by atoms with Gasteiger partial charge in [-0.1, -0.05) is 6.92 Å². The lowest BCUT2D eigenvalue weighted by atomic mass is 10.1. The highest BCUT2D eigenvalue weighted by Crippen LogP contribution is 2.18. The second-order valence-electron chi connectivity index (χ2n) is 4.04. The van der Waals surface area contributed by atoms with Crippen LogP contribution in [0.4, 0.5) is 0 Å². The molecule has 0 amide bonds. The van der Waals surface area contributed by atoms with Crippen LogP contribution in [0.1, 0.15) is 18.9 Å². The summed E-state index contributed by atoms with van der Waals surface area (Å²) in [5, 5.41) is 0.937. The maximum absolute atomic E-state index is 11.8. The molecule has 1 N–H and O–H groups in total. The monoisotopic (exact) mass is 244 g/mol. The zero-order valence-electron chi connectivity index (χ0n) is 10.6. The van der Waals surface area contributed by atoms with E-state index >= 15 is 0 Å². The van der Waals surface area contributed by atoms with Crippen molar-refractivity contribution < 1.29 is 4.74 Å². The Morgan fingerprint density at radius 1 is 1.39 bits per heavy atom. The van der Waals surface area contributed by atoms with Crippen molar-refractivity contribution in [3.63, 3.8) is 0 Å². The molecule has 0 saturated heterocycles. The van der Waals surface area contributed by atoms with Crippen LogP contribution in [0.2, 0.25) is 0 Å².